The lowest BCUT2D eigenvalue weighted by molar-refractivity contribution is -0.907. The van der Waals surface area contributed by atoms with Crippen LogP contribution in [0.15, 0.2) is 41.3 Å². The molecule has 1 amide bonds. The maximum absolute atomic E-state index is 12.6. The van der Waals surface area contributed by atoms with Gasteiger partial charge in [-0.15, -0.1) is 0 Å². The second kappa shape index (κ2) is 9.25. The summed E-state index contributed by atoms with van der Waals surface area (Å²) in [6.07, 6.45) is 0. The maximum Gasteiger partial charge on any atom is 0.282 e. The number of nitrogens with two attached hydrogens (primary N) is 1. The fraction of sp³-hybridized carbons (Fsp3) is 0.350. The molecule has 0 aliphatic carbocycles. The molecule has 2 rings (SSSR count). The number of benzene rings is 2. The zero-order chi connectivity index (χ0) is 21.8. The van der Waals surface area contributed by atoms with Crippen LogP contribution in [-0.2, 0) is 21.4 Å². The van der Waals surface area contributed by atoms with Crippen LogP contribution in [-0.4, -0.2) is 41.6 Å². The van der Waals surface area contributed by atoms with E-state index in [1.54, 1.807) is 14.2 Å². The van der Waals surface area contributed by atoms with Gasteiger partial charge in [-0.2, -0.15) is 0 Å². The highest BCUT2D eigenvalue weighted by atomic mass is 32.2. The Kier molecular flexibility index (Phi) is 7.23. The van der Waals surface area contributed by atoms with Gasteiger partial charge in [0, 0.05) is 11.3 Å². The van der Waals surface area contributed by atoms with Crippen molar-refractivity contribution >= 4 is 21.6 Å². The minimum absolute atomic E-state index is 0.00443. The van der Waals surface area contributed by atoms with Crippen molar-refractivity contribution in [2.75, 3.05) is 26.6 Å². The normalized spacial score (nSPS) is 13.4. The smallest absolute Gasteiger partial charge is 0.282 e. The number of likely N-dealkylation sites (N-methyl/N-ethyl adjacent to an activating group) is 1. The van der Waals surface area contributed by atoms with Crippen LogP contribution in [0.25, 0.3) is 0 Å². The number of methoxy groups -OCH3 is 2. The van der Waals surface area contributed by atoms with E-state index in [1.165, 1.54) is 24.3 Å². The first-order chi connectivity index (χ1) is 13.6. The molecule has 158 valence electrons. The molecule has 0 heterocycles. The van der Waals surface area contributed by atoms with E-state index in [-0.39, 0.29) is 16.8 Å². The maximum atomic E-state index is 12.6. The molecule has 0 saturated heterocycles. The summed E-state index contributed by atoms with van der Waals surface area (Å²) in [5, 5.41) is 7.89. The average molecular weight is 423 g/mol. The number of primary sulfonamides is 1. The van der Waals surface area contributed by atoms with Crippen molar-refractivity contribution < 1.29 is 27.6 Å². The number of hydrogen-bond donors (Lipinski definition) is 3. The van der Waals surface area contributed by atoms with Gasteiger partial charge >= 0.3 is 0 Å². The van der Waals surface area contributed by atoms with E-state index in [2.05, 4.69) is 5.32 Å². The number of carbonyl (C=O) groups is 1. The van der Waals surface area contributed by atoms with E-state index >= 15 is 0 Å². The highest BCUT2D eigenvalue weighted by Crippen LogP contribution is 2.29. The quantitative estimate of drug-likeness (QED) is 0.580. The molecule has 0 radical (unpaired) electrons. The third-order valence-corrected chi connectivity index (χ3v) is 5.82. The summed E-state index contributed by atoms with van der Waals surface area (Å²) in [7, 11) is 1.35. The van der Waals surface area contributed by atoms with Gasteiger partial charge in [-0.1, -0.05) is 0 Å². The molecule has 4 N–H and O–H groups in total. The summed E-state index contributed by atoms with van der Waals surface area (Å²) in [6.45, 7) is 4.44. The van der Waals surface area contributed by atoms with E-state index in [4.69, 9.17) is 14.6 Å². The van der Waals surface area contributed by atoms with E-state index in [0.717, 1.165) is 16.0 Å². The average Bonchev–Trinajstić information content (AvgIpc) is 2.68. The zero-order valence-electron chi connectivity index (χ0n) is 17.3. The van der Waals surface area contributed by atoms with Crippen molar-refractivity contribution in [1.82, 2.24) is 0 Å². The Labute approximate surface area is 171 Å². The first-order valence-corrected chi connectivity index (χ1v) is 10.6. The molecule has 0 saturated carbocycles. The Morgan fingerprint density at radius 3 is 2.21 bits per heavy atom. The SMILES string of the molecule is COc1cc(C)c(C[NH+](C)[C@@H](C)C(=O)Nc2ccc(S(N)(=O)=O)cc2)cc1OC. The van der Waals surface area contributed by atoms with Gasteiger partial charge in [-0.05, 0) is 55.8 Å². The number of hydrogen-bond acceptors (Lipinski definition) is 5. The molecule has 9 heteroatoms. The molecule has 0 aromatic heterocycles. The van der Waals surface area contributed by atoms with Crippen molar-refractivity contribution in [3.8, 4) is 11.5 Å². The van der Waals surface area contributed by atoms with E-state index in [9.17, 15) is 13.2 Å². The van der Waals surface area contributed by atoms with Crippen LogP contribution in [0, 0.1) is 6.92 Å². The van der Waals surface area contributed by atoms with Crippen LogP contribution in [0.1, 0.15) is 18.1 Å². The van der Waals surface area contributed by atoms with Crippen LogP contribution in [0.3, 0.4) is 0 Å². The summed E-state index contributed by atoms with van der Waals surface area (Å²) < 4.78 is 33.3. The number of amides is 1. The lowest BCUT2D eigenvalue weighted by atomic mass is 10.1. The minimum atomic E-state index is -3.76. The molecule has 2 atom stereocenters. The highest BCUT2D eigenvalue weighted by Gasteiger charge is 2.23. The van der Waals surface area contributed by atoms with Gasteiger partial charge in [0.05, 0.1) is 26.2 Å². The van der Waals surface area contributed by atoms with Crippen molar-refractivity contribution in [2.45, 2.75) is 31.3 Å². The fourth-order valence-corrected chi connectivity index (χ4v) is 3.38. The van der Waals surface area contributed by atoms with Crippen molar-refractivity contribution in [1.29, 1.82) is 0 Å². The van der Waals surface area contributed by atoms with Crippen molar-refractivity contribution in [3.63, 3.8) is 0 Å². The number of sulfonamides is 1. The van der Waals surface area contributed by atoms with Gasteiger partial charge < -0.3 is 19.7 Å². The van der Waals surface area contributed by atoms with Crippen LogP contribution in [0.4, 0.5) is 5.69 Å². The Morgan fingerprint density at radius 2 is 1.69 bits per heavy atom. The minimum Gasteiger partial charge on any atom is -0.493 e. The molecule has 2 aromatic carbocycles. The van der Waals surface area contributed by atoms with Crippen molar-refractivity contribution in [2.24, 2.45) is 5.14 Å². The molecule has 0 aliphatic heterocycles. The van der Waals surface area contributed by atoms with E-state index in [0.29, 0.717) is 23.7 Å². The van der Waals surface area contributed by atoms with Crippen LogP contribution in [0.5, 0.6) is 11.5 Å². The van der Waals surface area contributed by atoms with Gasteiger partial charge in [0.15, 0.2) is 17.5 Å². The number of ether oxygens (including phenoxy) is 2. The molecule has 29 heavy (non-hydrogen) atoms. The Hall–Kier alpha value is -2.62. The van der Waals surface area contributed by atoms with Crippen LogP contribution in [0.2, 0.25) is 0 Å². The molecule has 0 spiro atoms. The van der Waals surface area contributed by atoms with Gasteiger partial charge in [0.25, 0.3) is 5.91 Å². The molecule has 0 bridgehead atoms. The monoisotopic (exact) mass is 422 g/mol. The Balaban J connectivity index is 2.08. The summed E-state index contributed by atoms with van der Waals surface area (Å²) in [6, 6.07) is 9.24. The molecule has 2 aromatic rings. The number of anilines is 1. The third kappa shape index (κ3) is 5.69. The highest BCUT2D eigenvalue weighted by molar-refractivity contribution is 7.89. The lowest BCUT2D eigenvalue weighted by Gasteiger charge is -2.22. The van der Waals surface area contributed by atoms with Gasteiger partial charge in [0.2, 0.25) is 10.0 Å². The van der Waals surface area contributed by atoms with E-state index < -0.39 is 10.0 Å². The van der Waals surface area contributed by atoms with Crippen LogP contribution >= 0.6 is 0 Å². The second-order valence-corrected chi connectivity index (χ2v) is 8.50. The number of quaternary nitrogens is 1. The Bertz CT molecular complexity index is 974. The number of nitrogens with one attached hydrogen (secondary N) is 2. The predicted molar refractivity (Wildman–Crippen MR) is 111 cm³/mol. The van der Waals surface area contributed by atoms with Crippen LogP contribution < -0.4 is 24.8 Å². The summed E-state index contributed by atoms with van der Waals surface area (Å²) >= 11 is 0. The standard InChI is InChI=1S/C20H27N3O5S/c1-13-10-18(27-4)19(28-5)11-15(13)12-23(3)14(2)20(24)22-16-6-8-17(9-7-16)29(21,25)26/h6-11,14H,12H2,1-5H3,(H,22,24)(H2,21,25,26)/p+1/t14-/m0/s1. The first kappa shape index (κ1) is 22.7. The predicted octanol–water partition coefficient (Wildman–Crippen LogP) is 0.702. The topological polar surface area (TPSA) is 112 Å². The molecule has 1 unspecified atom stereocenters. The van der Waals surface area contributed by atoms with Gasteiger partial charge in [-0.3, -0.25) is 4.79 Å². The van der Waals surface area contributed by atoms with Gasteiger partial charge in [0.1, 0.15) is 6.54 Å². The number of carbonyl (C=O) groups excluding carboxylic acids is 1. The number of rotatable bonds is 8. The molecular formula is C20H28N3O5S+. The lowest BCUT2D eigenvalue weighted by Crippen LogP contribution is -3.12. The zero-order valence-corrected chi connectivity index (χ0v) is 18.1. The third-order valence-electron chi connectivity index (χ3n) is 4.89. The largest absolute Gasteiger partial charge is 0.493 e. The van der Waals surface area contributed by atoms with E-state index in [1.807, 2.05) is 33.0 Å². The fourth-order valence-electron chi connectivity index (χ4n) is 2.87. The summed E-state index contributed by atoms with van der Waals surface area (Å²) in [5.41, 5.74) is 2.61. The summed E-state index contributed by atoms with van der Waals surface area (Å²) in [4.78, 5) is 13.6. The van der Waals surface area contributed by atoms with Crippen molar-refractivity contribution in [3.05, 3.63) is 47.5 Å². The molecule has 0 aliphatic rings. The Morgan fingerprint density at radius 1 is 1.14 bits per heavy atom. The van der Waals surface area contributed by atoms with Gasteiger partial charge in [-0.25, -0.2) is 13.6 Å². The molecule has 8 nitrogen and oxygen atoms in total. The first-order valence-electron chi connectivity index (χ1n) is 9.04. The molecule has 0 fully saturated rings. The second-order valence-electron chi connectivity index (χ2n) is 6.94. The summed E-state index contributed by atoms with van der Waals surface area (Å²) in [5.74, 6) is 1.14. The molecular weight excluding hydrogens is 394 g/mol. The number of aryl methyl sites for hydroxylation is 1.